The molecule has 0 bridgehead atoms. The molecule has 2 aliphatic rings. The minimum absolute atomic E-state index is 0.0914. The van der Waals surface area contributed by atoms with Gasteiger partial charge in [0.15, 0.2) is 5.65 Å². The lowest BCUT2D eigenvalue weighted by molar-refractivity contribution is 0.0904. The minimum atomic E-state index is -4.15. The van der Waals surface area contributed by atoms with Gasteiger partial charge in [0.05, 0.1) is 21.5 Å². The van der Waals surface area contributed by atoms with Crippen molar-refractivity contribution in [1.82, 2.24) is 20.1 Å². The number of H-pyrrole nitrogens is 1. The molecule has 4 heterocycles. The maximum absolute atomic E-state index is 13.9. The number of carbonyl (C=O) groups is 1. The SMILES string of the molecule is CN1CCN(c2ccc(C(=O)Nc3[nH]nc4ncc(Sc5cccc(S(=O)(=O)Nc6cc(F)cc(F)c6)c5)cc34)c(NC3CCOCC3)c2)CC1. The number of nitrogens with one attached hydrogen (secondary N) is 4. The number of sulfonamides is 1. The van der Waals surface area contributed by atoms with Gasteiger partial charge in [-0.05, 0) is 74.5 Å². The van der Waals surface area contributed by atoms with Crippen molar-refractivity contribution in [2.45, 2.75) is 33.6 Å². The number of anilines is 4. The van der Waals surface area contributed by atoms with E-state index in [9.17, 15) is 22.0 Å². The molecular formula is C35H36F2N8O4S2. The molecule has 0 atom stereocenters. The Labute approximate surface area is 298 Å². The van der Waals surface area contributed by atoms with Gasteiger partial charge >= 0.3 is 0 Å². The molecule has 0 unspecified atom stereocenters. The number of rotatable bonds is 10. The monoisotopic (exact) mass is 734 g/mol. The molecule has 2 fully saturated rings. The number of halogens is 2. The summed E-state index contributed by atoms with van der Waals surface area (Å²) in [5.74, 6) is -1.75. The Morgan fingerprint density at radius 3 is 2.49 bits per heavy atom. The zero-order valence-corrected chi connectivity index (χ0v) is 29.3. The van der Waals surface area contributed by atoms with Gasteiger partial charge in [-0.2, -0.15) is 5.10 Å². The van der Waals surface area contributed by atoms with Gasteiger partial charge in [0.1, 0.15) is 17.5 Å². The van der Waals surface area contributed by atoms with Crippen molar-refractivity contribution in [3.05, 3.63) is 90.1 Å². The van der Waals surface area contributed by atoms with Crippen LogP contribution < -0.4 is 20.3 Å². The number of benzene rings is 3. The quantitative estimate of drug-likeness (QED) is 0.139. The summed E-state index contributed by atoms with van der Waals surface area (Å²) >= 11 is 1.25. The fourth-order valence-corrected chi connectivity index (χ4v) is 8.10. The number of hydrogen-bond acceptors (Lipinski definition) is 10. The van der Waals surface area contributed by atoms with E-state index >= 15 is 0 Å². The van der Waals surface area contributed by atoms with Crippen molar-refractivity contribution in [1.29, 1.82) is 0 Å². The largest absolute Gasteiger partial charge is 0.381 e. The van der Waals surface area contributed by atoms with Crippen LogP contribution in [0, 0.1) is 11.6 Å². The van der Waals surface area contributed by atoms with Crippen LogP contribution in [0.1, 0.15) is 23.2 Å². The molecule has 51 heavy (non-hydrogen) atoms. The van der Waals surface area contributed by atoms with Crippen molar-refractivity contribution >= 4 is 61.6 Å². The first-order valence-electron chi connectivity index (χ1n) is 16.4. The van der Waals surface area contributed by atoms with E-state index in [1.807, 2.05) is 12.1 Å². The lowest BCUT2D eigenvalue weighted by Crippen LogP contribution is -2.44. The van der Waals surface area contributed by atoms with Gasteiger partial charge in [0.2, 0.25) is 0 Å². The number of aromatic nitrogens is 3. The summed E-state index contributed by atoms with van der Waals surface area (Å²) in [4.78, 5) is 24.1. The highest BCUT2D eigenvalue weighted by molar-refractivity contribution is 7.99. The lowest BCUT2D eigenvalue weighted by Gasteiger charge is -2.34. The minimum Gasteiger partial charge on any atom is -0.381 e. The second-order valence-corrected chi connectivity index (χ2v) is 15.3. The Kier molecular flexibility index (Phi) is 10.1. The van der Waals surface area contributed by atoms with Gasteiger partial charge < -0.3 is 25.2 Å². The third kappa shape index (κ3) is 8.25. The molecule has 0 aliphatic carbocycles. The molecule has 5 aromatic rings. The van der Waals surface area contributed by atoms with Gasteiger partial charge in [0.25, 0.3) is 15.9 Å². The standard InChI is InChI=1S/C35H36F2N8O4S2/c1-44-9-11-45(12-10-44)26-5-6-30(32(18-26)39-24-7-13-49-14-8-24)35(46)40-34-31-20-28(21-38-33(31)41-42-34)50-27-3-2-4-29(19-27)51(47,48)43-25-16-22(36)15-23(37)17-25/h2-6,15-21,24,39,43H,7-14H2,1H3,(H2,38,40,41,42,46). The summed E-state index contributed by atoms with van der Waals surface area (Å²) < 4.78 is 61.1. The van der Waals surface area contributed by atoms with Gasteiger partial charge in [-0.1, -0.05) is 17.8 Å². The van der Waals surface area contributed by atoms with Gasteiger partial charge in [-0.15, -0.1) is 0 Å². The summed E-state index contributed by atoms with van der Waals surface area (Å²) in [5, 5.41) is 14.3. The number of nitrogens with zero attached hydrogens (tertiary/aromatic N) is 4. The summed E-state index contributed by atoms with van der Waals surface area (Å²) in [6, 6.07) is 16.5. The first kappa shape index (κ1) is 34.7. The van der Waals surface area contributed by atoms with E-state index in [-0.39, 0.29) is 22.5 Å². The molecule has 0 spiro atoms. The summed E-state index contributed by atoms with van der Waals surface area (Å²) in [6.07, 6.45) is 3.28. The van der Waals surface area contributed by atoms with E-state index < -0.39 is 21.7 Å². The number of amides is 1. The van der Waals surface area contributed by atoms with Gasteiger partial charge in [-0.25, -0.2) is 22.2 Å². The maximum Gasteiger partial charge on any atom is 0.261 e. The van der Waals surface area contributed by atoms with Crippen molar-refractivity contribution < 1.29 is 26.7 Å². The number of ether oxygens (including phenoxy) is 1. The fraction of sp³-hybridized carbons (Fsp3) is 0.286. The molecule has 1 amide bonds. The van der Waals surface area contributed by atoms with Crippen LogP contribution in [0.15, 0.2) is 87.6 Å². The van der Waals surface area contributed by atoms with E-state index in [2.05, 4.69) is 53.5 Å². The van der Waals surface area contributed by atoms with Crippen molar-refractivity contribution in [3.63, 3.8) is 0 Å². The molecule has 2 aromatic heterocycles. The average Bonchev–Trinajstić information content (AvgIpc) is 3.50. The molecule has 16 heteroatoms. The van der Waals surface area contributed by atoms with Crippen LogP contribution in [0.25, 0.3) is 11.0 Å². The van der Waals surface area contributed by atoms with Crippen molar-refractivity contribution in [2.75, 3.05) is 66.7 Å². The zero-order chi connectivity index (χ0) is 35.5. The van der Waals surface area contributed by atoms with Crippen molar-refractivity contribution in [3.8, 4) is 0 Å². The fourth-order valence-electron chi connectivity index (χ4n) is 6.05. The molecule has 266 valence electrons. The second kappa shape index (κ2) is 14.8. The van der Waals surface area contributed by atoms with Crippen LogP contribution in [0.2, 0.25) is 0 Å². The smallest absolute Gasteiger partial charge is 0.261 e. The highest BCUT2D eigenvalue weighted by atomic mass is 32.2. The van der Waals surface area contributed by atoms with Crippen LogP contribution >= 0.6 is 11.8 Å². The summed E-state index contributed by atoms with van der Waals surface area (Å²) in [6.45, 7) is 5.06. The number of likely N-dealkylation sites (N-methyl/N-ethyl adjacent to an activating group) is 1. The van der Waals surface area contributed by atoms with Crippen molar-refractivity contribution in [2.24, 2.45) is 0 Å². The highest BCUT2D eigenvalue weighted by Gasteiger charge is 2.22. The molecule has 0 saturated carbocycles. The molecule has 2 saturated heterocycles. The third-order valence-corrected chi connectivity index (χ3v) is 11.1. The van der Waals surface area contributed by atoms with Crippen LogP contribution in [-0.4, -0.2) is 86.9 Å². The molecule has 3 aromatic carbocycles. The number of fused-ring (bicyclic) bond motifs is 1. The Morgan fingerprint density at radius 1 is 0.961 bits per heavy atom. The van der Waals surface area contributed by atoms with E-state index in [0.717, 1.165) is 62.5 Å². The van der Waals surface area contributed by atoms with Crippen LogP contribution in [-0.2, 0) is 14.8 Å². The number of carbonyl (C=O) groups excluding carboxylic acids is 1. The first-order chi connectivity index (χ1) is 24.6. The second-order valence-electron chi connectivity index (χ2n) is 12.5. The van der Waals surface area contributed by atoms with Crippen LogP contribution in [0.4, 0.5) is 31.7 Å². The van der Waals surface area contributed by atoms with Gasteiger partial charge in [0, 0.05) is 78.9 Å². The number of pyridine rings is 1. The van der Waals surface area contributed by atoms with E-state index in [1.54, 1.807) is 24.4 Å². The lowest BCUT2D eigenvalue weighted by atomic mass is 10.1. The summed E-state index contributed by atoms with van der Waals surface area (Å²) in [5.41, 5.74) is 2.47. The predicted octanol–water partition coefficient (Wildman–Crippen LogP) is 5.78. The average molecular weight is 735 g/mol. The van der Waals surface area contributed by atoms with Gasteiger partial charge in [-0.3, -0.25) is 14.6 Å². The Bertz CT molecular complexity index is 2150. The first-order valence-corrected chi connectivity index (χ1v) is 18.7. The molecular weight excluding hydrogens is 699 g/mol. The molecule has 2 aliphatic heterocycles. The highest BCUT2D eigenvalue weighted by Crippen LogP contribution is 2.33. The van der Waals surface area contributed by atoms with E-state index in [0.29, 0.717) is 51.5 Å². The van der Waals surface area contributed by atoms with Crippen LogP contribution in [0.3, 0.4) is 0 Å². The predicted molar refractivity (Wildman–Crippen MR) is 193 cm³/mol. The Hall–Kier alpha value is -4.77. The molecule has 4 N–H and O–H groups in total. The number of hydrogen-bond donors (Lipinski definition) is 4. The topological polar surface area (TPSA) is 145 Å². The Morgan fingerprint density at radius 2 is 1.73 bits per heavy atom. The zero-order valence-electron chi connectivity index (χ0n) is 27.7. The van der Waals surface area contributed by atoms with Crippen LogP contribution in [0.5, 0.6) is 0 Å². The third-order valence-electron chi connectivity index (χ3n) is 8.79. The summed E-state index contributed by atoms with van der Waals surface area (Å²) in [7, 11) is -2.03. The van der Waals surface area contributed by atoms with E-state index in [1.165, 1.54) is 23.9 Å². The molecule has 0 radical (unpaired) electrons. The molecule has 7 rings (SSSR count). The molecule has 12 nitrogen and oxygen atoms in total. The maximum atomic E-state index is 13.9. The number of aromatic amines is 1. The Balaban J connectivity index is 1.10. The number of piperazine rings is 1. The van der Waals surface area contributed by atoms with E-state index in [4.69, 9.17) is 4.74 Å². The normalized spacial score (nSPS) is 15.9.